The molecule has 5 heteroatoms. The van der Waals surface area contributed by atoms with Crippen molar-refractivity contribution in [1.29, 1.82) is 0 Å². The number of thiophene rings is 1. The third-order valence-electron chi connectivity index (χ3n) is 4.62. The van der Waals surface area contributed by atoms with E-state index in [1.807, 2.05) is 78.3 Å². The van der Waals surface area contributed by atoms with E-state index >= 15 is 0 Å². The number of carbonyl (C=O) groups excluding carboxylic acids is 2. The molecule has 4 nitrogen and oxygen atoms in total. The largest absolute Gasteiger partial charge is 0.301 e. The van der Waals surface area contributed by atoms with Crippen LogP contribution in [0.15, 0.2) is 71.4 Å². The van der Waals surface area contributed by atoms with Crippen LogP contribution in [0.4, 0.5) is 11.4 Å². The van der Waals surface area contributed by atoms with E-state index in [1.54, 1.807) is 9.80 Å². The van der Waals surface area contributed by atoms with Crippen LogP contribution in [0, 0.1) is 6.92 Å². The number of rotatable bonds is 3. The Bertz CT molecular complexity index is 938. The van der Waals surface area contributed by atoms with Crippen LogP contribution >= 0.6 is 11.3 Å². The van der Waals surface area contributed by atoms with Crippen LogP contribution in [0.25, 0.3) is 0 Å². The number of anilines is 2. The molecule has 1 aliphatic rings. The fourth-order valence-electron chi connectivity index (χ4n) is 3.37. The fourth-order valence-corrected chi connectivity index (χ4v) is 4.04. The highest BCUT2D eigenvalue weighted by Crippen LogP contribution is 2.35. The van der Waals surface area contributed by atoms with Crippen LogP contribution in [-0.4, -0.2) is 18.4 Å². The molecule has 1 aliphatic heterocycles. The van der Waals surface area contributed by atoms with Crippen molar-refractivity contribution in [2.45, 2.75) is 13.0 Å². The van der Waals surface area contributed by atoms with Crippen molar-refractivity contribution in [3.8, 4) is 0 Å². The molecular weight excluding hydrogens is 344 g/mol. The quantitative estimate of drug-likeness (QED) is 0.701. The summed E-state index contributed by atoms with van der Waals surface area (Å²) < 4.78 is 0. The Morgan fingerprint density at radius 3 is 2.38 bits per heavy atom. The molecule has 3 aromatic rings. The number of hydrogen-bond acceptors (Lipinski definition) is 3. The number of benzene rings is 2. The molecule has 0 radical (unpaired) electrons. The maximum Gasteiger partial charge on any atom is 0.255 e. The lowest BCUT2D eigenvalue weighted by Crippen LogP contribution is -2.56. The van der Waals surface area contributed by atoms with E-state index in [0.717, 1.165) is 22.5 Å². The van der Waals surface area contributed by atoms with Crippen LogP contribution in [0.2, 0.25) is 0 Å². The number of piperazine rings is 1. The van der Waals surface area contributed by atoms with Crippen LogP contribution in [0.5, 0.6) is 0 Å². The van der Waals surface area contributed by atoms with Gasteiger partial charge in [0.05, 0.1) is 0 Å². The summed E-state index contributed by atoms with van der Waals surface area (Å²) >= 11 is 1.53. The second-order valence-electron chi connectivity index (χ2n) is 6.27. The summed E-state index contributed by atoms with van der Waals surface area (Å²) in [7, 11) is 0. The van der Waals surface area contributed by atoms with Crippen LogP contribution in [-0.2, 0) is 9.59 Å². The normalized spacial score (nSPS) is 17.7. The van der Waals surface area contributed by atoms with Gasteiger partial charge in [0, 0.05) is 11.4 Å². The van der Waals surface area contributed by atoms with E-state index in [4.69, 9.17) is 0 Å². The Morgan fingerprint density at radius 1 is 0.962 bits per heavy atom. The molecule has 4 rings (SSSR count). The summed E-state index contributed by atoms with van der Waals surface area (Å²) in [5.74, 6) is -0.170. The predicted octanol–water partition coefficient (Wildman–Crippen LogP) is 4.18. The molecule has 0 spiro atoms. The van der Waals surface area contributed by atoms with Crippen molar-refractivity contribution in [2.75, 3.05) is 16.3 Å². The molecule has 2 aromatic carbocycles. The van der Waals surface area contributed by atoms with Gasteiger partial charge in [0.2, 0.25) is 5.91 Å². The third-order valence-corrected chi connectivity index (χ3v) is 5.32. The van der Waals surface area contributed by atoms with Crippen LogP contribution < -0.4 is 9.80 Å². The topological polar surface area (TPSA) is 40.6 Å². The third kappa shape index (κ3) is 2.80. The fraction of sp³-hybridized carbons (Fsp3) is 0.143. The Labute approximate surface area is 156 Å². The minimum atomic E-state index is -0.649. The molecule has 0 N–H and O–H groups in total. The first-order valence-electron chi connectivity index (χ1n) is 8.43. The van der Waals surface area contributed by atoms with E-state index in [0.29, 0.717) is 0 Å². The molecular formula is C21H18N2O2S. The van der Waals surface area contributed by atoms with Crippen LogP contribution in [0.3, 0.4) is 0 Å². The molecule has 2 heterocycles. The second-order valence-corrected chi connectivity index (χ2v) is 7.05. The van der Waals surface area contributed by atoms with Gasteiger partial charge in [-0.1, -0.05) is 36.4 Å². The van der Waals surface area contributed by atoms with Gasteiger partial charge in [-0.05, 0) is 53.1 Å². The zero-order chi connectivity index (χ0) is 18.1. The molecule has 1 aromatic heterocycles. The molecule has 1 fully saturated rings. The van der Waals surface area contributed by atoms with Gasteiger partial charge in [-0.3, -0.25) is 14.5 Å². The summed E-state index contributed by atoms with van der Waals surface area (Å²) in [5.41, 5.74) is 3.35. The minimum Gasteiger partial charge on any atom is -0.301 e. The van der Waals surface area contributed by atoms with E-state index in [9.17, 15) is 9.59 Å². The van der Waals surface area contributed by atoms with E-state index in [-0.39, 0.29) is 18.4 Å². The van der Waals surface area contributed by atoms with Crippen molar-refractivity contribution in [3.63, 3.8) is 0 Å². The second kappa shape index (κ2) is 6.77. The summed E-state index contributed by atoms with van der Waals surface area (Å²) in [6.45, 7) is 2.00. The Kier molecular flexibility index (Phi) is 4.31. The summed E-state index contributed by atoms with van der Waals surface area (Å²) in [6, 6.07) is 18.3. The average molecular weight is 362 g/mol. The molecule has 0 bridgehead atoms. The number of nitrogens with zero attached hydrogens (tertiary/aromatic N) is 2. The standard InChI is InChI=1S/C21H18N2O2S/c1-15-7-5-6-10-18(15)22-13-19(24)23(17-8-3-2-4-9-17)20(21(22)25)16-11-12-26-14-16/h2-12,14,20H,13H2,1H3. The highest BCUT2D eigenvalue weighted by molar-refractivity contribution is 7.08. The molecule has 1 atom stereocenters. The van der Waals surface area contributed by atoms with Gasteiger partial charge in [0.15, 0.2) is 0 Å². The predicted molar refractivity (Wildman–Crippen MR) is 105 cm³/mol. The highest BCUT2D eigenvalue weighted by atomic mass is 32.1. The Morgan fingerprint density at radius 2 is 1.69 bits per heavy atom. The minimum absolute atomic E-state index is 0.0409. The van der Waals surface area contributed by atoms with E-state index in [1.165, 1.54) is 11.3 Å². The summed E-state index contributed by atoms with van der Waals surface area (Å²) in [6.07, 6.45) is 0. The number of aryl methyl sites for hydroxylation is 1. The lowest BCUT2D eigenvalue weighted by atomic mass is 10.0. The number of hydrogen-bond donors (Lipinski definition) is 0. The number of amides is 2. The van der Waals surface area contributed by atoms with Gasteiger partial charge in [-0.25, -0.2) is 0 Å². The van der Waals surface area contributed by atoms with E-state index < -0.39 is 6.04 Å². The number of para-hydroxylation sites is 2. The first kappa shape index (κ1) is 16.5. The lowest BCUT2D eigenvalue weighted by molar-refractivity contribution is -0.128. The molecule has 2 amide bonds. The molecule has 130 valence electrons. The smallest absolute Gasteiger partial charge is 0.255 e. The Balaban J connectivity index is 1.81. The first-order chi connectivity index (χ1) is 12.7. The van der Waals surface area contributed by atoms with Gasteiger partial charge in [-0.2, -0.15) is 11.3 Å². The van der Waals surface area contributed by atoms with Crippen molar-refractivity contribution < 1.29 is 9.59 Å². The van der Waals surface area contributed by atoms with Crippen molar-refractivity contribution in [2.24, 2.45) is 0 Å². The zero-order valence-electron chi connectivity index (χ0n) is 14.3. The Hall–Kier alpha value is -2.92. The van der Waals surface area contributed by atoms with Gasteiger partial charge < -0.3 is 4.90 Å². The summed E-state index contributed by atoms with van der Waals surface area (Å²) in [4.78, 5) is 29.8. The van der Waals surface area contributed by atoms with E-state index in [2.05, 4.69) is 0 Å². The first-order valence-corrected chi connectivity index (χ1v) is 9.37. The zero-order valence-corrected chi connectivity index (χ0v) is 15.1. The molecule has 1 saturated heterocycles. The molecule has 1 unspecified atom stereocenters. The van der Waals surface area contributed by atoms with Crippen LogP contribution in [0.1, 0.15) is 17.2 Å². The van der Waals surface area contributed by atoms with Crippen molar-refractivity contribution in [3.05, 3.63) is 82.6 Å². The molecule has 0 saturated carbocycles. The maximum absolute atomic E-state index is 13.4. The van der Waals surface area contributed by atoms with Crippen molar-refractivity contribution >= 4 is 34.5 Å². The average Bonchev–Trinajstić information content (AvgIpc) is 3.18. The molecule has 0 aliphatic carbocycles. The van der Waals surface area contributed by atoms with Gasteiger partial charge in [0.1, 0.15) is 12.6 Å². The van der Waals surface area contributed by atoms with Gasteiger partial charge in [0.25, 0.3) is 5.91 Å². The molecule has 26 heavy (non-hydrogen) atoms. The highest BCUT2D eigenvalue weighted by Gasteiger charge is 2.42. The summed E-state index contributed by atoms with van der Waals surface area (Å²) in [5, 5.41) is 3.87. The van der Waals surface area contributed by atoms with Gasteiger partial charge in [-0.15, -0.1) is 0 Å². The van der Waals surface area contributed by atoms with Gasteiger partial charge >= 0.3 is 0 Å². The lowest BCUT2D eigenvalue weighted by Gasteiger charge is -2.40. The maximum atomic E-state index is 13.4. The number of carbonyl (C=O) groups is 2. The van der Waals surface area contributed by atoms with Crippen molar-refractivity contribution in [1.82, 2.24) is 0 Å². The SMILES string of the molecule is Cc1ccccc1N1CC(=O)N(c2ccccc2)C(c2ccsc2)C1=O. The monoisotopic (exact) mass is 362 g/mol.